The maximum atomic E-state index is 14.7. The minimum absolute atomic E-state index is 0.0190. The van der Waals surface area contributed by atoms with Gasteiger partial charge in [0.15, 0.2) is 0 Å². The van der Waals surface area contributed by atoms with Crippen molar-refractivity contribution in [2.75, 3.05) is 87.6 Å². The average Bonchev–Trinajstić information content (AvgIpc) is 4.23. The van der Waals surface area contributed by atoms with Gasteiger partial charge in [-0.25, -0.2) is 8.42 Å². The van der Waals surface area contributed by atoms with E-state index in [4.69, 9.17) is 23.7 Å². The third kappa shape index (κ3) is 21.8. The van der Waals surface area contributed by atoms with Crippen LogP contribution in [0.25, 0.3) is 0 Å². The van der Waals surface area contributed by atoms with Crippen LogP contribution in [-0.2, 0) is 78.5 Å². The lowest BCUT2D eigenvalue weighted by atomic mass is 9.89. The number of amides is 6. The Labute approximate surface area is 469 Å². The summed E-state index contributed by atoms with van der Waals surface area (Å²) < 4.78 is 56.6. The number of likely N-dealkylation sites (N-methyl/N-ethyl adjacent to an activating group) is 2. The number of nitrogens with one attached hydrogen (secondary N) is 4. The van der Waals surface area contributed by atoms with Crippen molar-refractivity contribution < 1.29 is 70.5 Å². The lowest BCUT2D eigenvalue weighted by Gasteiger charge is -2.41. The highest BCUT2D eigenvalue weighted by molar-refractivity contribution is 7.90. The summed E-state index contributed by atoms with van der Waals surface area (Å²) >= 11 is 0. The molecular formula is C56H93N7O15S. The zero-order valence-corrected chi connectivity index (χ0v) is 49.5. The topological polar surface area (TPSA) is 275 Å². The van der Waals surface area contributed by atoms with Gasteiger partial charge in [-0.2, -0.15) is 0 Å². The van der Waals surface area contributed by atoms with E-state index in [1.807, 2.05) is 59.6 Å². The fourth-order valence-corrected chi connectivity index (χ4v) is 11.5. The number of rotatable bonds is 40. The second-order valence-corrected chi connectivity index (χ2v) is 23.5. The summed E-state index contributed by atoms with van der Waals surface area (Å²) in [5.41, 5.74) is 0.722. The Morgan fingerprint density at radius 2 is 1.37 bits per heavy atom. The first kappa shape index (κ1) is 68.4. The van der Waals surface area contributed by atoms with Crippen LogP contribution in [0.4, 0.5) is 0 Å². The molecular weight excluding hydrogens is 1040 g/mol. The second-order valence-electron chi connectivity index (χ2n) is 21.6. The van der Waals surface area contributed by atoms with Crippen LogP contribution >= 0.6 is 0 Å². The first-order valence-electron chi connectivity index (χ1n) is 28.0. The van der Waals surface area contributed by atoms with Crippen molar-refractivity contribution in [1.82, 2.24) is 35.4 Å². The highest BCUT2D eigenvalue weighted by Gasteiger charge is 2.44. The summed E-state index contributed by atoms with van der Waals surface area (Å²) in [6.07, 6.45) is 2.36. The largest absolute Gasteiger partial charge is 0.379 e. The van der Waals surface area contributed by atoms with Gasteiger partial charge < -0.3 is 59.0 Å². The fraction of sp³-hybridized carbons (Fsp3) is 0.750. The molecule has 2 fully saturated rings. The molecule has 0 aromatic heterocycles. The molecule has 448 valence electrons. The predicted molar refractivity (Wildman–Crippen MR) is 297 cm³/mol. The van der Waals surface area contributed by atoms with Gasteiger partial charge in [0.1, 0.15) is 24.7 Å². The number of hydrogen-bond donors (Lipinski definition) is 4. The first-order chi connectivity index (χ1) is 37.6. The number of sulfonamides is 1. The van der Waals surface area contributed by atoms with Gasteiger partial charge in [-0.05, 0) is 56.0 Å². The molecule has 1 aliphatic heterocycles. The highest BCUT2D eigenvalue weighted by atomic mass is 32.2. The number of ether oxygens (including phenoxy) is 5. The Balaban J connectivity index is 1.60. The molecule has 6 amide bonds. The smallest absolute Gasteiger partial charge is 0.256 e. The van der Waals surface area contributed by atoms with E-state index in [0.29, 0.717) is 90.8 Å². The number of carbonyl (C=O) groups excluding carboxylic acids is 8. The zero-order valence-electron chi connectivity index (χ0n) is 48.6. The van der Waals surface area contributed by atoms with Crippen LogP contribution < -0.4 is 20.7 Å². The molecule has 3 rings (SSSR count). The van der Waals surface area contributed by atoms with Gasteiger partial charge in [-0.1, -0.05) is 85.2 Å². The van der Waals surface area contributed by atoms with Crippen LogP contribution in [0.2, 0.25) is 0 Å². The first-order valence-corrected chi connectivity index (χ1v) is 29.5. The number of benzene rings is 1. The van der Waals surface area contributed by atoms with E-state index < -0.39 is 81.3 Å². The summed E-state index contributed by atoms with van der Waals surface area (Å²) in [7, 11) is 2.60. The SMILES string of the molecule is CC[C@H](C)[C@@H]([C@@H](CC(=O)N1CCC[C@H]1[C@H](OC)[C@@H](C)C(=O)N[C@@H](Cc1ccccc1)C(=O)NS(=O)(=O)C1CC1)OC)N(C)C(=O)[C@@H](NC(=O)[C@H](C(C)C)N(C)CCOCCOCCOCCNC(=O)C(CC=O)CC=O)C(C)C. The highest BCUT2D eigenvalue weighted by Crippen LogP contribution is 2.31. The summed E-state index contributed by atoms with van der Waals surface area (Å²) in [5, 5.41) is 7.87. The standard InChI is InChI=1S/C56H93N7O15S/c1-12-39(6)50(62(9)56(71)48(37(2)3)59-55(70)49(38(4)5)61(8)26-30-77-32-34-78-33-31-76-29-24-57-53(68)42(22-27-64)23-28-65)46(74-10)36-47(66)63-25-16-19-45(63)51(75-11)40(7)52(67)58-44(35-41-17-14-13-15-18-41)54(69)60-79(72,73)43-20-21-43/h13-15,17-18,27-28,37-40,42-46,48-51H,12,16,19-26,29-36H2,1-11H3,(H,57,68)(H,58,67)(H,59,70)(H,60,69)/t39-,40+,44-,45-,46+,48-,49-,50-,51+/m0/s1. The third-order valence-corrected chi connectivity index (χ3v) is 16.8. The Morgan fingerprint density at radius 1 is 0.759 bits per heavy atom. The maximum Gasteiger partial charge on any atom is 0.256 e. The molecule has 1 aliphatic carbocycles. The van der Waals surface area contributed by atoms with Crippen molar-refractivity contribution in [2.45, 2.75) is 154 Å². The molecule has 0 spiro atoms. The normalized spacial score (nSPS) is 17.8. The van der Waals surface area contributed by atoms with Crippen LogP contribution in [0.15, 0.2) is 30.3 Å². The molecule has 22 nitrogen and oxygen atoms in total. The van der Waals surface area contributed by atoms with E-state index >= 15 is 0 Å². The van der Waals surface area contributed by atoms with E-state index in [0.717, 1.165) is 5.56 Å². The lowest BCUT2D eigenvalue weighted by molar-refractivity contribution is -0.148. The van der Waals surface area contributed by atoms with Crippen molar-refractivity contribution in [1.29, 1.82) is 0 Å². The van der Waals surface area contributed by atoms with Gasteiger partial charge in [-0.15, -0.1) is 0 Å². The minimum atomic E-state index is -3.89. The number of aldehydes is 2. The number of likely N-dealkylation sites (tertiary alicyclic amines) is 1. The van der Waals surface area contributed by atoms with Gasteiger partial charge in [0.2, 0.25) is 39.6 Å². The van der Waals surface area contributed by atoms with Crippen molar-refractivity contribution >= 4 is 58.0 Å². The Bertz CT molecular complexity index is 2180. The van der Waals surface area contributed by atoms with Crippen molar-refractivity contribution in [3.8, 4) is 0 Å². The van der Waals surface area contributed by atoms with E-state index in [2.05, 4.69) is 20.7 Å². The molecule has 9 atom stereocenters. The van der Waals surface area contributed by atoms with E-state index in [9.17, 15) is 46.8 Å². The molecule has 0 bridgehead atoms. The summed E-state index contributed by atoms with van der Waals surface area (Å²) in [6, 6.07) is 5.17. The minimum Gasteiger partial charge on any atom is -0.379 e. The number of hydrogen-bond acceptors (Lipinski definition) is 16. The van der Waals surface area contributed by atoms with Gasteiger partial charge >= 0.3 is 0 Å². The van der Waals surface area contributed by atoms with Crippen LogP contribution in [-0.4, -0.2) is 206 Å². The number of methoxy groups -OCH3 is 2. The Hall–Kier alpha value is -4.91. The maximum absolute atomic E-state index is 14.7. The van der Waals surface area contributed by atoms with Crippen molar-refractivity contribution in [3.05, 3.63) is 35.9 Å². The summed E-state index contributed by atoms with van der Waals surface area (Å²) in [4.78, 5) is 110. The van der Waals surface area contributed by atoms with Crippen LogP contribution in [0, 0.1) is 29.6 Å². The van der Waals surface area contributed by atoms with Crippen LogP contribution in [0.1, 0.15) is 105 Å². The van der Waals surface area contributed by atoms with Gasteiger partial charge in [0.25, 0.3) is 5.91 Å². The molecule has 0 radical (unpaired) electrons. The second kappa shape index (κ2) is 35.1. The molecule has 1 aromatic rings. The molecule has 1 saturated heterocycles. The Morgan fingerprint density at radius 3 is 1.91 bits per heavy atom. The molecule has 2 aliphatic rings. The average molecular weight is 1140 g/mol. The Kier molecular flexibility index (Phi) is 30.3. The van der Waals surface area contributed by atoms with Crippen molar-refractivity contribution in [3.63, 3.8) is 0 Å². The molecule has 4 N–H and O–H groups in total. The number of nitrogens with zero attached hydrogens (tertiary/aromatic N) is 3. The molecule has 1 saturated carbocycles. The van der Waals surface area contributed by atoms with Crippen molar-refractivity contribution in [2.24, 2.45) is 29.6 Å². The predicted octanol–water partition coefficient (Wildman–Crippen LogP) is 2.30. The molecule has 1 heterocycles. The molecule has 0 unspecified atom stereocenters. The third-order valence-electron chi connectivity index (χ3n) is 15.0. The molecule has 79 heavy (non-hydrogen) atoms. The van der Waals surface area contributed by atoms with Gasteiger partial charge in [0.05, 0.1) is 93.5 Å². The summed E-state index contributed by atoms with van der Waals surface area (Å²) in [6.45, 7) is 16.1. The van der Waals surface area contributed by atoms with E-state index in [1.165, 1.54) is 14.2 Å². The molecule has 1 aromatic carbocycles. The molecule has 23 heteroatoms. The van der Waals surface area contributed by atoms with Crippen LogP contribution in [0.3, 0.4) is 0 Å². The van der Waals surface area contributed by atoms with Gasteiger partial charge in [-0.3, -0.25) is 38.4 Å². The van der Waals surface area contributed by atoms with Gasteiger partial charge in [0, 0.05) is 60.2 Å². The summed E-state index contributed by atoms with van der Waals surface area (Å²) in [5.74, 6) is -4.74. The number of carbonyl (C=O) groups is 8. The monoisotopic (exact) mass is 1140 g/mol. The zero-order chi connectivity index (χ0) is 58.8. The van der Waals surface area contributed by atoms with E-state index in [1.54, 1.807) is 48.0 Å². The van der Waals surface area contributed by atoms with Crippen LogP contribution in [0.5, 0.6) is 0 Å². The lowest BCUT2D eigenvalue weighted by Crippen LogP contribution is -2.60. The van der Waals surface area contributed by atoms with E-state index in [-0.39, 0.29) is 80.2 Å². The fourth-order valence-electron chi connectivity index (χ4n) is 10.1. The quantitative estimate of drug-likeness (QED) is 0.0542.